The number of carbonyl (C=O) groups excluding carboxylic acids is 2. The highest BCUT2D eigenvalue weighted by molar-refractivity contribution is 9.10. The number of hydrogen-bond donors (Lipinski definition) is 2. The quantitative estimate of drug-likeness (QED) is 0.826. The van der Waals surface area contributed by atoms with Crippen LogP contribution in [0.1, 0.15) is 31.3 Å². The Labute approximate surface area is 128 Å². The number of ether oxygens (including phenoxy) is 1. The molecule has 5 nitrogen and oxygen atoms in total. The summed E-state index contributed by atoms with van der Waals surface area (Å²) < 4.78 is 5.55. The monoisotopic (exact) mass is 356 g/mol. The number of hydrogen-bond acceptors (Lipinski definition) is 4. The standard InChI is InChI=1S/C13H13BrN2O3S/c1-6-7(2)20-12(10(6)13(18)19-3)16-11(17)9-4-8(14)5-15-9/h4-5,15H,1-3H3,(H,16,17). The molecule has 0 saturated heterocycles. The number of rotatable bonds is 3. The predicted octanol–water partition coefficient (Wildman–Crippen LogP) is 3.49. The molecule has 0 aliphatic heterocycles. The Hall–Kier alpha value is -1.60. The maximum atomic E-state index is 12.1. The Kier molecular flexibility index (Phi) is 4.29. The third-order valence-electron chi connectivity index (χ3n) is 2.89. The lowest BCUT2D eigenvalue weighted by Crippen LogP contribution is -2.14. The molecule has 2 aromatic heterocycles. The van der Waals surface area contributed by atoms with Crippen LogP contribution in [-0.4, -0.2) is 24.0 Å². The molecular formula is C13H13BrN2O3S. The SMILES string of the molecule is COC(=O)c1c(NC(=O)c2cc(Br)c[nH]2)sc(C)c1C. The van der Waals surface area contributed by atoms with Gasteiger partial charge in [-0.15, -0.1) is 11.3 Å². The average Bonchev–Trinajstić information content (AvgIpc) is 2.94. The van der Waals surface area contributed by atoms with Crippen LogP contribution in [0.15, 0.2) is 16.7 Å². The van der Waals surface area contributed by atoms with Crippen LogP contribution in [0.5, 0.6) is 0 Å². The zero-order valence-electron chi connectivity index (χ0n) is 11.2. The molecule has 0 radical (unpaired) electrons. The number of esters is 1. The summed E-state index contributed by atoms with van der Waals surface area (Å²) in [6.07, 6.45) is 1.67. The summed E-state index contributed by atoms with van der Waals surface area (Å²) in [5.74, 6) is -0.753. The summed E-state index contributed by atoms with van der Waals surface area (Å²) in [6, 6.07) is 1.67. The van der Waals surface area contributed by atoms with Crippen molar-refractivity contribution in [3.8, 4) is 0 Å². The molecular weight excluding hydrogens is 344 g/mol. The van der Waals surface area contributed by atoms with Gasteiger partial charge in [-0.05, 0) is 41.4 Å². The predicted molar refractivity (Wildman–Crippen MR) is 81.6 cm³/mol. The minimum atomic E-state index is -0.449. The fourth-order valence-electron chi connectivity index (χ4n) is 1.73. The first-order valence-corrected chi connectivity index (χ1v) is 7.38. The molecule has 20 heavy (non-hydrogen) atoms. The minimum Gasteiger partial charge on any atom is -0.465 e. The van der Waals surface area contributed by atoms with Gasteiger partial charge in [0, 0.05) is 15.5 Å². The molecule has 0 atom stereocenters. The Morgan fingerprint density at radius 3 is 2.65 bits per heavy atom. The number of aromatic amines is 1. The van der Waals surface area contributed by atoms with Gasteiger partial charge in [-0.25, -0.2) is 4.79 Å². The number of methoxy groups -OCH3 is 1. The molecule has 2 rings (SSSR count). The molecule has 0 aliphatic carbocycles. The van der Waals surface area contributed by atoms with E-state index in [1.807, 2.05) is 13.8 Å². The van der Waals surface area contributed by atoms with Gasteiger partial charge in [0.25, 0.3) is 5.91 Å². The van der Waals surface area contributed by atoms with Crippen molar-refractivity contribution in [2.24, 2.45) is 0 Å². The molecule has 0 saturated carbocycles. The molecule has 0 aromatic carbocycles. The number of aryl methyl sites for hydroxylation is 1. The van der Waals surface area contributed by atoms with Crippen LogP contribution in [0.25, 0.3) is 0 Å². The second-order valence-corrected chi connectivity index (χ2v) is 6.31. The molecule has 2 aromatic rings. The van der Waals surface area contributed by atoms with Crippen LogP contribution >= 0.6 is 27.3 Å². The van der Waals surface area contributed by atoms with Crippen LogP contribution in [0.3, 0.4) is 0 Å². The summed E-state index contributed by atoms with van der Waals surface area (Å²) in [7, 11) is 1.32. The van der Waals surface area contributed by atoms with Gasteiger partial charge >= 0.3 is 5.97 Å². The van der Waals surface area contributed by atoms with Gasteiger partial charge in [0.2, 0.25) is 0 Å². The topological polar surface area (TPSA) is 71.2 Å². The third-order valence-corrected chi connectivity index (χ3v) is 4.47. The first kappa shape index (κ1) is 14.8. The van der Waals surface area contributed by atoms with E-state index in [-0.39, 0.29) is 5.91 Å². The zero-order chi connectivity index (χ0) is 14.9. The van der Waals surface area contributed by atoms with Crippen molar-refractivity contribution in [2.75, 3.05) is 12.4 Å². The third kappa shape index (κ3) is 2.78. The lowest BCUT2D eigenvalue weighted by molar-refractivity contribution is 0.0601. The summed E-state index contributed by atoms with van der Waals surface area (Å²) in [5.41, 5.74) is 1.65. The van der Waals surface area contributed by atoms with Crippen LogP contribution in [0, 0.1) is 13.8 Å². The molecule has 2 N–H and O–H groups in total. The van der Waals surface area contributed by atoms with E-state index in [1.165, 1.54) is 18.4 Å². The number of carbonyl (C=O) groups is 2. The molecule has 7 heteroatoms. The number of anilines is 1. The second-order valence-electron chi connectivity index (χ2n) is 4.16. The van der Waals surface area contributed by atoms with Crippen molar-refractivity contribution in [1.29, 1.82) is 0 Å². The lowest BCUT2D eigenvalue weighted by Gasteiger charge is -2.05. The maximum Gasteiger partial charge on any atom is 0.341 e. The van der Waals surface area contributed by atoms with Gasteiger partial charge in [-0.1, -0.05) is 0 Å². The van der Waals surface area contributed by atoms with Crippen molar-refractivity contribution >= 4 is 44.1 Å². The maximum absolute atomic E-state index is 12.1. The molecule has 2 heterocycles. The van der Waals surface area contributed by atoms with Crippen molar-refractivity contribution in [1.82, 2.24) is 4.98 Å². The lowest BCUT2D eigenvalue weighted by atomic mass is 10.1. The number of aromatic nitrogens is 1. The van der Waals surface area contributed by atoms with Crippen LogP contribution < -0.4 is 5.32 Å². The van der Waals surface area contributed by atoms with E-state index in [0.717, 1.165) is 14.9 Å². The Bertz CT molecular complexity index is 675. The highest BCUT2D eigenvalue weighted by atomic mass is 79.9. The van der Waals surface area contributed by atoms with E-state index in [4.69, 9.17) is 4.74 Å². The number of H-pyrrole nitrogens is 1. The fourth-order valence-corrected chi connectivity index (χ4v) is 3.12. The van der Waals surface area contributed by atoms with Crippen LogP contribution in [0.4, 0.5) is 5.00 Å². The van der Waals surface area contributed by atoms with Gasteiger partial charge in [-0.3, -0.25) is 4.79 Å². The van der Waals surface area contributed by atoms with Gasteiger partial charge in [0.15, 0.2) is 0 Å². The van der Waals surface area contributed by atoms with Gasteiger partial charge in [0.05, 0.1) is 12.7 Å². The molecule has 0 unspecified atom stereocenters. The van der Waals surface area contributed by atoms with Crippen molar-refractivity contribution < 1.29 is 14.3 Å². The molecule has 106 valence electrons. The first-order chi connectivity index (χ1) is 9.43. The van der Waals surface area contributed by atoms with Crippen LogP contribution in [-0.2, 0) is 4.74 Å². The second kappa shape index (κ2) is 5.80. The highest BCUT2D eigenvalue weighted by Crippen LogP contribution is 2.33. The summed E-state index contributed by atoms with van der Waals surface area (Å²) in [5, 5.41) is 3.25. The smallest absolute Gasteiger partial charge is 0.341 e. The van der Waals surface area contributed by atoms with Crippen molar-refractivity contribution in [3.63, 3.8) is 0 Å². The highest BCUT2D eigenvalue weighted by Gasteiger charge is 2.22. The fraction of sp³-hybridized carbons (Fsp3) is 0.231. The number of amides is 1. The Morgan fingerprint density at radius 1 is 1.40 bits per heavy atom. The average molecular weight is 357 g/mol. The largest absolute Gasteiger partial charge is 0.465 e. The normalized spacial score (nSPS) is 10.4. The van der Waals surface area contributed by atoms with Gasteiger partial charge < -0.3 is 15.0 Å². The van der Waals surface area contributed by atoms with Crippen molar-refractivity contribution in [3.05, 3.63) is 38.4 Å². The number of nitrogens with one attached hydrogen (secondary N) is 2. The van der Waals surface area contributed by atoms with E-state index in [9.17, 15) is 9.59 Å². The molecule has 0 spiro atoms. The molecule has 0 bridgehead atoms. The molecule has 0 fully saturated rings. The van der Waals surface area contributed by atoms with E-state index in [0.29, 0.717) is 16.3 Å². The van der Waals surface area contributed by atoms with E-state index >= 15 is 0 Å². The number of halogens is 1. The summed E-state index contributed by atoms with van der Waals surface area (Å²) >= 11 is 4.62. The molecule has 1 amide bonds. The first-order valence-electron chi connectivity index (χ1n) is 5.77. The zero-order valence-corrected chi connectivity index (χ0v) is 13.6. The number of thiophene rings is 1. The molecule has 0 aliphatic rings. The van der Waals surface area contributed by atoms with E-state index in [2.05, 4.69) is 26.2 Å². The summed E-state index contributed by atoms with van der Waals surface area (Å²) in [4.78, 5) is 27.7. The summed E-state index contributed by atoms with van der Waals surface area (Å²) in [6.45, 7) is 3.73. The van der Waals surface area contributed by atoms with Crippen molar-refractivity contribution in [2.45, 2.75) is 13.8 Å². The Morgan fingerprint density at radius 2 is 2.10 bits per heavy atom. The van der Waals surface area contributed by atoms with Gasteiger partial charge in [-0.2, -0.15) is 0 Å². The van der Waals surface area contributed by atoms with Gasteiger partial charge in [0.1, 0.15) is 10.7 Å². The Balaban J connectivity index is 2.32. The minimum absolute atomic E-state index is 0.304. The van der Waals surface area contributed by atoms with Crippen LogP contribution in [0.2, 0.25) is 0 Å². The van der Waals surface area contributed by atoms with E-state index < -0.39 is 5.97 Å². The van der Waals surface area contributed by atoms with E-state index in [1.54, 1.807) is 12.3 Å².